The lowest BCUT2D eigenvalue weighted by molar-refractivity contribution is -0.133. The number of methoxy groups -OCH3 is 2. The Kier molecular flexibility index (Phi) is 8.87. The molecular formula is C25H30N4O5S. The minimum Gasteiger partial charge on any atom is -0.497 e. The van der Waals surface area contributed by atoms with Gasteiger partial charge in [-0.1, -0.05) is 18.2 Å². The first-order valence-electron chi connectivity index (χ1n) is 11.1. The van der Waals surface area contributed by atoms with Crippen LogP contribution in [0.5, 0.6) is 11.5 Å². The lowest BCUT2D eigenvalue weighted by Gasteiger charge is -2.35. The van der Waals surface area contributed by atoms with E-state index in [-0.39, 0.29) is 49.3 Å². The lowest BCUT2D eigenvalue weighted by atomic mass is 10.1. The normalized spacial score (nSPS) is 14.4. The van der Waals surface area contributed by atoms with Gasteiger partial charge in [0.25, 0.3) is 0 Å². The maximum absolute atomic E-state index is 13.3. The minimum absolute atomic E-state index is 0.0379. The molecule has 0 radical (unpaired) electrons. The van der Waals surface area contributed by atoms with E-state index in [0.717, 1.165) is 5.56 Å². The van der Waals surface area contributed by atoms with Crippen LogP contribution < -0.4 is 9.47 Å². The Morgan fingerprint density at radius 2 is 1.89 bits per heavy atom. The number of nitrogens with zero attached hydrogens (tertiary/aromatic N) is 4. The highest BCUT2D eigenvalue weighted by Crippen LogP contribution is 2.31. The van der Waals surface area contributed by atoms with E-state index in [1.54, 1.807) is 35.2 Å². The summed E-state index contributed by atoms with van der Waals surface area (Å²) in [6.45, 7) is 5.88. The van der Waals surface area contributed by atoms with Crippen molar-refractivity contribution in [1.82, 2.24) is 14.1 Å². The van der Waals surface area contributed by atoms with E-state index >= 15 is 0 Å². The molecule has 0 spiro atoms. The fourth-order valence-electron chi connectivity index (χ4n) is 3.96. The van der Waals surface area contributed by atoms with Crippen LogP contribution in [0, 0.1) is 11.3 Å². The number of piperazine rings is 1. The highest BCUT2D eigenvalue weighted by Gasteiger charge is 2.32. The largest absolute Gasteiger partial charge is 0.497 e. The van der Waals surface area contributed by atoms with Crippen LogP contribution in [0.25, 0.3) is 0 Å². The number of hydrogen-bond acceptors (Lipinski definition) is 7. The monoisotopic (exact) mass is 498 g/mol. The summed E-state index contributed by atoms with van der Waals surface area (Å²) in [7, 11) is -0.935. The van der Waals surface area contributed by atoms with Gasteiger partial charge >= 0.3 is 0 Å². The predicted octanol–water partition coefficient (Wildman–Crippen LogP) is 2.10. The quantitative estimate of drug-likeness (QED) is 0.462. The Labute approximate surface area is 206 Å². The Balaban J connectivity index is 1.64. The SMILES string of the molecule is C=CCN(CC(=O)N1CCN(S(=O)(=O)c2cc(OC)ccc2OC)CC1)Cc1cccc(C#N)c1. The number of hydrogen-bond donors (Lipinski definition) is 0. The molecule has 0 aliphatic carbocycles. The third-order valence-corrected chi connectivity index (χ3v) is 7.71. The topological polar surface area (TPSA) is 103 Å². The maximum atomic E-state index is 13.3. The summed E-state index contributed by atoms with van der Waals surface area (Å²) in [4.78, 5) is 16.7. The van der Waals surface area contributed by atoms with E-state index in [4.69, 9.17) is 14.7 Å². The molecule has 1 amide bonds. The summed E-state index contributed by atoms with van der Waals surface area (Å²) in [5, 5.41) is 9.12. The molecule has 1 heterocycles. The fraction of sp³-hybridized carbons (Fsp3) is 0.360. The summed E-state index contributed by atoms with van der Waals surface area (Å²) in [6, 6.07) is 14.0. The number of benzene rings is 2. The van der Waals surface area contributed by atoms with E-state index in [1.165, 1.54) is 24.6 Å². The molecule has 1 saturated heterocycles. The second-order valence-corrected chi connectivity index (χ2v) is 9.98. The van der Waals surface area contributed by atoms with Crippen LogP contribution in [-0.2, 0) is 21.4 Å². The van der Waals surface area contributed by atoms with Crippen molar-refractivity contribution in [3.63, 3.8) is 0 Å². The van der Waals surface area contributed by atoms with Gasteiger partial charge in [-0.05, 0) is 29.8 Å². The van der Waals surface area contributed by atoms with Gasteiger partial charge < -0.3 is 14.4 Å². The summed E-state index contributed by atoms with van der Waals surface area (Å²) >= 11 is 0. The molecule has 0 saturated carbocycles. The second kappa shape index (κ2) is 11.8. The fourth-order valence-corrected chi connectivity index (χ4v) is 5.55. The molecular weight excluding hydrogens is 468 g/mol. The molecule has 0 aromatic heterocycles. The summed E-state index contributed by atoms with van der Waals surface area (Å²) in [5.74, 6) is 0.574. The van der Waals surface area contributed by atoms with E-state index in [9.17, 15) is 13.2 Å². The standard InChI is InChI=1S/C25H30N4O5S/c1-4-10-27(18-21-7-5-6-20(15-21)17-26)19-25(30)28-11-13-29(14-12-28)35(31,32)24-16-22(33-2)8-9-23(24)34-3/h4-9,15-16H,1,10-14,18-19H2,2-3H3. The first-order valence-corrected chi connectivity index (χ1v) is 12.6. The molecule has 0 unspecified atom stereocenters. The van der Waals surface area contributed by atoms with Crippen LogP contribution in [0.2, 0.25) is 0 Å². The number of sulfonamides is 1. The molecule has 2 aromatic rings. The number of nitriles is 1. The summed E-state index contributed by atoms with van der Waals surface area (Å²) in [5.41, 5.74) is 1.50. The van der Waals surface area contributed by atoms with Crippen molar-refractivity contribution in [2.45, 2.75) is 11.4 Å². The molecule has 9 nitrogen and oxygen atoms in total. The first-order chi connectivity index (χ1) is 16.8. The van der Waals surface area contributed by atoms with Crippen LogP contribution in [0.15, 0.2) is 60.0 Å². The Morgan fingerprint density at radius 1 is 1.14 bits per heavy atom. The van der Waals surface area contributed by atoms with Crippen molar-refractivity contribution in [1.29, 1.82) is 5.26 Å². The molecule has 10 heteroatoms. The summed E-state index contributed by atoms with van der Waals surface area (Å²) < 4.78 is 38.3. The van der Waals surface area contributed by atoms with Crippen LogP contribution in [0.4, 0.5) is 0 Å². The second-order valence-electron chi connectivity index (χ2n) is 8.07. The molecule has 3 rings (SSSR count). The molecule has 186 valence electrons. The maximum Gasteiger partial charge on any atom is 0.247 e. The Hall–Kier alpha value is -3.39. The van der Waals surface area contributed by atoms with Crippen LogP contribution in [-0.4, -0.2) is 81.9 Å². The van der Waals surface area contributed by atoms with E-state index in [1.807, 2.05) is 17.0 Å². The van der Waals surface area contributed by atoms with Gasteiger partial charge in [0.2, 0.25) is 15.9 Å². The average molecular weight is 499 g/mol. The minimum atomic E-state index is -3.83. The zero-order valence-electron chi connectivity index (χ0n) is 20.0. The molecule has 2 aromatic carbocycles. The third kappa shape index (κ3) is 6.39. The van der Waals surface area contributed by atoms with Crippen molar-refractivity contribution in [2.24, 2.45) is 0 Å². The molecule has 0 atom stereocenters. The van der Waals surface area contributed by atoms with Gasteiger partial charge in [-0.3, -0.25) is 9.69 Å². The van der Waals surface area contributed by atoms with Crippen LogP contribution >= 0.6 is 0 Å². The van der Waals surface area contributed by atoms with Crippen molar-refractivity contribution < 1.29 is 22.7 Å². The van der Waals surface area contributed by atoms with Crippen molar-refractivity contribution in [3.8, 4) is 17.6 Å². The predicted molar refractivity (Wildman–Crippen MR) is 132 cm³/mol. The van der Waals surface area contributed by atoms with E-state index < -0.39 is 10.0 Å². The molecule has 1 fully saturated rings. The molecule has 0 bridgehead atoms. The average Bonchev–Trinajstić information content (AvgIpc) is 2.88. The highest BCUT2D eigenvalue weighted by molar-refractivity contribution is 7.89. The van der Waals surface area contributed by atoms with Gasteiger partial charge in [0.15, 0.2) is 0 Å². The van der Waals surface area contributed by atoms with Crippen LogP contribution in [0.1, 0.15) is 11.1 Å². The molecule has 35 heavy (non-hydrogen) atoms. The number of amides is 1. The van der Waals surface area contributed by atoms with Gasteiger partial charge in [-0.15, -0.1) is 6.58 Å². The van der Waals surface area contributed by atoms with E-state index in [2.05, 4.69) is 12.6 Å². The van der Waals surface area contributed by atoms with Crippen molar-refractivity contribution in [2.75, 3.05) is 53.5 Å². The smallest absolute Gasteiger partial charge is 0.247 e. The Morgan fingerprint density at radius 3 is 2.51 bits per heavy atom. The number of carbonyl (C=O) groups excluding carboxylic acids is 1. The molecule has 1 aliphatic rings. The number of carbonyl (C=O) groups is 1. The van der Waals surface area contributed by atoms with Crippen LogP contribution in [0.3, 0.4) is 0 Å². The Bertz CT molecular complexity index is 1200. The van der Waals surface area contributed by atoms with Crippen molar-refractivity contribution in [3.05, 3.63) is 66.2 Å². The highest BCUT2D eigenvalue weighted by atomic mass is 32.2. The number of rotatable bonds is 10. The lowest BCUT2D eigenvalue weighted by Crippen LogP contribution is -2.52. The van der Waals surface area contributed by atoms with Gasteiger partial charge in [0.05, 0.1) is 32.4 Å². The first kappa shape index (κ1) is 26.2. The molecule has 0 N–H and O–H groups in total. The van der Waals surface area contributed by atoms with Crippen molar-refractivity contribution >= 4 is 15.9 Å². The third-order valence-electron chi connectivity index (χ3n) is 5.79. The van der Waals surface area contributed by atoms with Gasteiger partial charge in [-0.25, -0.2) is 8.42 Å². The van der Waals surface area contributed by atoms with Gasteiger partial charge in [0, 0.05) is 45.3 Å². The number of ether oxygens (including phenoxy) is 2. The van der Waals surface area contributed by atoms with Gasteiger partial charge in [-0.2, -0.15) is 9.57 Å². The summed E-state index contributed by atoms with van der Waals surface area (Å²) in [6.07, 6.45) is 1.73. The van der Waals surface area contributed by atoms with Gasteiger partial charge in [0.1, 0.15) is 16.4 Å². The zero-order valence-corrected chi connectivity index (χ0v) is 20.8. The molecule has 1 aliphatic heterocycles. The zero-order chi connectivity index (χ0) is 25.4. The van der Waals surface area contributed by atoms with E-state index in [0.29, 0.717) is 24.4 Å².